The fraction of sp³-hybridized carbons (Fsp3) is 0.118. The Kier molecular flexibility index (Phi) is 3.85. The van der Waals surface area contributed by atoms with Gasteiger partial charge < -0.3 is 9.84 Å². The minimum atomic E-state index is -0.994. The van der Waals surface area contributed by atoms with Gasteiger partial charge in [-0.3, -0.25) is 0 Å². The van der Waals surface area contributed by atoms with Gasteiger partial charge in [0.05, 0.1) is 5.56 Å². The molecule has 0 saturated heterocycles. The molecule has 0 radical (unpaired) electrons. The highest BCUT2D eigenvalue weighted by Crippen LogP contribution is 2.41. The van der Waals surface area contributed by atoms with E-state index < -0.39 is 5.97 Å². The van der Waals surface area contributed by atoms with E-state index in [2.05, 4.69) is 0 Å². The van der Waals surface area contributed by atoms with E-state index in [4.69, 9.17) is 27.9 Å². The number of halogens is 2. The molecule has 0 bridgehead atoms. The van der Waals surface area contributed by atoms with Crippen molar-refractivity contribution >= 4 is 34.7 Å². The second-order valence-corrected chi connectivity index (χ2v) is 5.83. The smallest absolute Gasteiger partial charge is 0.335 e. The van der Waals surface area contributed by atoms with E-state index >= 15 is 0 Å². The second-order valence-electron chi connectivity index (χ2n) is 5.02. The second kappa shape index (κ2) is 5.67. The van der Waals surface area contributed by atoms with E-state index in [1.54, 1.807) is 30.3 Å². The van der Waals surface area contributed by atoms with Crippen LogP contribution in [0, 0.1) is 0 Å². The molecule has 1 aliphatic heterocycles. The molecular formula is C17H12Cl2O3. The van der Waals surface area contributed by atoms with Crippen molar-refractivity contribution in [2.45, 2.75) is 13.0 Å². The Bertz CT molecular complexity index is 776. The fourth-order valence-electron chi connectivity index (χ4n) is 2.51. The summed E-state index contributed by atoms with van der Waals surface area (Å²) in [5, 5.41) is 10.2. The number of ether oxygens (including phenoxy) is 1. The summed E-state index contributed by atoms with van der Waals surface area (Å²) < 4.78 is 5.74. The van der Waals surface area contributed by atoms with Gasteiger partial charge in [-0.25, -0.2) is 4.79 Å². The number of fused-ring (bicyclic) bond motifs is 1. The Balaban J connectivity index is 2.25. The molecular weight excluding hydrogens is 323 g/mol. The maximum absolute atomic E-state index is 11.2. The van der Waals surface area contributed by atoms with Crippen molar-refractivity contribution in [3.05, 3.63) is 69.2 Å². The average molecular weight is 335 g/mol. The summed E-state index contributed by atoms with van der Waals surface area (Å²) in [5.41, 5.74) is 2.33. The van der Waals surface area contributed by atoms with Crippen LogP contribution in [0.15, 0.2) is 42.5 Å². The first-order chi connectivity index (χ1) is 10.5. The molecule has 0 spiro atoms. The molecule has 0 saturated carbocycles. The van der Waals surface area contributed by atoms with Gasteiger partial charge in [-0.05, 0) is 48.9 Å². The standard InChI is InChI=1S/C17H12Cl2O3/c1-9-7-12(16-13(18)3-2-4-14(16)19)11-8-10(17(20)21)5-6-15(11)22-9/h2-9H,1H3,(H,20,21). The third kappa shape index (κ3) is 2.58. The Morgan fingerprint density at radius 3 is 2.50 bits per heavy atom. The van der Waals surface area contributed by atoms with Gasteiger partial charge >= 0.3 is 5.97 Å². The average Bonchev–Trinajstić information content (AvgIpc) is 2.46. The maximum atomic E-state index is 11.2. The maximum Gasteiger partial charge on any atom is 0.335 e. The molecule has 1 unspecified atom stereocenters. The zero-order valence-electron chi connectivity index (χ0n) is 11.6. The summed E-state index contributed by atoms with van der Waals surface area (Å²) in [6, 6.07) is 10.0. The number of carbonyl (C=O) groups is 1. The van der Waals surface area contributed by atoms with E-state index in [9.17, 15) is 9.90 Å². The summed E-state index contributed by atoms with van der Waals surface area (Å²) in [5.74, 6) is -0.378. The van der Waals surface area contributed by atoms with Crippen molar-refractivity contribution in [2.24, 2.45) is 0 Å². The quantitative estimate of drug-likeness (QED) is 0.849. The van der Waals surface area contributed by atoms with Crippen LogP contribution in [0.2, 0.25) is 10.0 Å². The first kappa shape index (κ1) is 14.9. The Morgan fingerprint density at radius 1 is 1.18 bits per heavy atom. The van der Waals surface area contributed by atoms with Crippen LogP contribution >= 0.6 is 23.2 Å². The molecule has 112 valence electrons. The lowest BCUT2D eigenvalue weighted by Crippen LogP contribution is -2.16. The molecule has 3 rings (SSSR count). The number of hydrogen-bond acceptors (Lipinski definition) is 2. The van der Waals surface area contributed by atoms with Gasteiger partial charge in [-0.15, -0.1) is 0 Å². The van der Waals surface area contributed by atoms with Crippen molar-refractivity contribution in [3.63, 3.8) is 0 Å². The number of carboxylic acid groups (broad SMARTS) is 1. The van der Waals surface area contributed by atoms with E-state index in [0.29, 0.717) is 26.9 Å². The largest absolute Gasteiger partial charge is 0.486 e. The van der Waals surface area contributed by atoms with Crippen LogP contribution in [0.25, 0.3) is 5.57 Å². The molecule has 1 heterocycles. The van der Waals surface area contributed by atoms with Gasteiger partial charge in [-0.2, -0.15) is 0 Å². The van der Waals surface area contributed by atoms with Gasteiger partial charge in [0.25, 0.3) is 0 Å². The lowest BCUT2D eigenvalue weighted by molar-refractivity contribution is 0.0697. The fourth-order valence-corrected chi connectivity index (χ4v) is 3.11. The van der Waals surface area contributed by atoms with Gasteiger partial charge in [-0.1, -0.05) is 29.3 Å². The van der Waals surface area contributed by atoms with E-state index in [1.807, 2.05) is 13.0 Å². The molecule has 0 amide bonds. The van der Waals surface area contributed by atoms with Gasteiger partial charge in [0.1, 0.15) is 11.9 Å². The first-order valence-corrected chi connectivity index (χ1v) is 7.43. The van der Waals surface area contributed by atoms with Gasteiger partial charge in [0.15, 0.2) is 0 Å². The predicted octanol–water partition coefficient (Wildman–Crippen LogP) is 4.90. The molecule has 22 heavy (non-hydrogen) atoms. The molecule has 0 aliphatic carbocycles. The minimum Gasteiger partial charge on any atom is -0.486 e. The molecule has 3 nitrogen and oxygen atoms in total. The lowest BCUT2D eigenvalue weighted by Gasteiger charge is -2.25. The van der Waals surface area contributed by atoms with Crippen molar-refractivity contribution < 1.29 is 14.6 Å². The van der Waals surface area contributed by atoms with E-state index in [-0.39, 0.29) is 11.7 Å². The molecule has 0 fully saturated rings. The molecule has 2 aromatic rings. The minimum absolute atomic E-state index is 0.162. The molecule has 1 aliphatic rings. The van der Waals surface area contributed by atoms with Gasteiger partial charge in [0, 0.05) is 21.2 Å². The normalized spacial score (nSPS) is 16.5. The molecule has 0 aromatic heterocycles. The third-order valence-corrected chi connectivity index (χ3v) is 4.09. The number of aromatic carboxylic acids is 1. The molecule has 2 aromatic carbocycles. The topological polar surface area (TPSA) is 46.5 Å². The lowest BCUT2D eigenvalue weighted by atomic mass is 9.92. The highest BCUT2D eigenvalue weighted by molar-refractivity contribution is 6.38. The van der Waals surface area contributed by atoms with Gasteiger partial charge in [0.2, 0.25) is 0 Å². The molecule has 1 N–H and O–H groups in total. The van der Waals surface area contributed by atoms with E-state index in [1.165, 1.54) is 6.07 Å². The zero-order valence-corrected chi connectivity index (χ0v) is 13.2. The van der Waals surface area contributed by atoms with E-state index in [0.717, 1.165) is 5.57 Å². The van der Waals surface area contributed by atoms with Crippen LogP contribution in [0.1, 0.15) is 28.4 Å². The van der Waals surface area contributed by atoms with Crippen molar-refractivity contribution in [1.29, 1.82) is 0 Å². The number of hydrogen-bond donors (Lipinski definition) is 1. The predicted molar refractivity (Wildman–Crippen MR) is 87.0 cm³/mol. The van der Waals surface area contributed by atoms with Crippen LogP contribution in [0.3, 0.4) is 0 Å². The molecule has 5 heteroatoms. The summed E-state index contributed by atoms with van der Waals surface area (Å²) in [4.78, 5) is 11.2. The Labute approximate surface area is 137 Å². The third-order valence-electron chi connectivity index (χ3n) is 3.46. The summed E-state index contributed by atoms with van der Waals surface area (Å²) in [6.07, 6.45) is 1.73. The van der Waals surface area contributed by atoms with Crippen molar-refractivity contribution in [2.75, 3.05) is 0 Å². The monoisotopic (exact) mass is 334 g/mol. The number of carboxylic acids is 1. The van der Waals surface area contributed by atoms with Crippen molar-refractivity contribution in [1.82, 2.24) is 0 Å². The number of rotatable bonds is 2. The highest BCUT2D eigenvalue weighted by atomic mass is 35.5. The van der Waals surface area contributed by atoms with Crippen LogP contribution in [-0.4, -0.2) is 17.2 Å². The Morgan fingerprint density at radius 2 is 1.86 bits per heavy atom. The van der Waals surface area contributed by atoms with Crippen molar-refractivity contribution in [3.8, 4) is 5.75 Å². The first-order valence-electron chi connectivity index (χ1n) is 6.68. The van der Waals surface area contributed by atoms with Crippen LogP contribution in [-0.2, 0) is 0 Å². The zero-order chi connectivity index (χ0) is 15.9. The Hall–Kier alpha value is -1.97. The summed E-state index contributed by atoms with van der Waals surface area (Å²) in [7, 11) is 0. The summed E-state index contributed by atoms with van der Waals surface area (Å²) >= 11 is 12.6. The summed E-state index contributed by atoms with van der Waals surface area (Å²) in [6.45, 7) is 1.90. The number of benzene rings is 2. The van der Waals surface area contributed by atoms with Crippen LogP contribution in [0.5, 0.6) is 5.75 Å². The van der Waals surface area contributed by atoms with Crippen LogP contribution in [0.4, 0.5) is 0 Å². The highest BCUT2D eigenvalue weighted by Gasteiger charge is 2.23. The van der Waals surface area contributed by atoms with Crippen LogP contribution < -0.4 is 4.74 Å². The molecule has 1 atom stereocenters. The SMILES string of the molecule is CC1C=C(c2c(Cl)cccc2Cl)c2cc(C(=O)O)ccc2O1.